The van der Waals surface area contributed by atoms with Crippen molar-refractivity contribution in [3.05, 3.63) is 47.0 Å². The molecule has 2 aromatic rings. The van der Waals surface area contributed by atoms with Gasteiger partial charge in [0.05, 0.1) is 5.56 Å². The third kappa shape index (κ3) is 1.70. The number of phenolic OH excluding ortho intramolecular Hbond substituents is 1. The quantitative estimate of drug-likeness (QED) is 0.877. The van der Waals surface area contributed by atoms with Crippen molar-refractivity contribution in [3.63, 3.8) is 0 Å². The summed E-state index contributed by atoms with van der Waals surface area (Å²) in [4.78, 5) is 12.6. The molecule has 0 saturated carbocycles. The fraction of sp³-hybridized carbons (Fsp3) is 0.235. The minimum Gasteiger partial charge on any atom is -0.507 e. The Balaban J connectivity index is 2.32. The number of carbonyl (C=O) groups excluding carboxylic acids is 1. The van der Waals surface area contributed by atoms with Crippen LogP contribution in [0.15, 0.2) is 35.9 Å². The van der Waals surface area contributed by atoms with E-state index in [-0.39, 0.29) is 17.3 Å². The average molecular weight is 268 g/mol. The maximum absolute atomic E-state index is 12.6. The van der Waals surface area contributed by atoms with Crippen molar-refractivity contribution in [1.29, 1.82) is 0 Å². The molecule has 0 bridgehead atoms. The van der Waals surface area contributed by atoms with Gasteiger partial charge in [-0.2, -0.15) is 0 Å². The first-order valence-electron chi connectivity index (χ1n) is 6.87. The van der Waals surface area contributed by atoms with E-state index >= 15 is 0 Å². The minimum atomic E-state index is -0.252. The van der Waals surface area contributed by atoms with E-state index < -0.39 is 0 Å². The van der Waals surface area contributed by atoms with Crippen molar-refractivity contribution in [2.24, 2.45) is 0 Å². The van der Waals surface area contributed by atoms with Gasteiger partial charge in [-0.25, -0.2) is 0 Å². The second kappa shape index (κ2) is 4.67. The molecule has 2 aromatic carbocycles. The van der Waals surface area contributed by atoms with Crippen LogP contribution in [0.5, 0.6) is 5.75 Å². The first kappa shape index (κ1) is 12.7. The molecule has 0 amide bonds. The molecule has 0 aromatic heterocycles. The number of ketones is 1. The molecule has 0 heterocycles. The average Bonchev–Trinajstić information content (AvgIpc) is 2.45. The van der Waals surface area contributed by atoms with Crippen molar-refractivity contribution in [2.45, 2.75) is 26.2 Å². The molecular weight excluding hydrogens is 252 g/mol. The minimum absolute atomic E-state index is 0.0172. The van der Waals surface area contributed by atoms with Gasteiger partial charge in [0.15, 0.2) is 5.78 Å². The van der Waals surface area contributed by atoms with E-state index in [1.54, 1.807) is 18.2 Å². The van der Waals surface area contributed by atoms with Gasteiger partial charge in [-0.3, -0.25) is 4.79 Å². The summed E-state index contributed by atoms with van der Waals surface area (Å²) in [6.07, 6.45) is 2.32. The molecule has 1 aliphatic carbocycles. The van der Waals surface area contributed by atoms with E-state index in [4.69, 9.17) is 0 Å². The molecule has 0 atom stereocenters. The molecule has 0 aliphatic heterocycles. The predicted octanol–water partition coefficient (Wildman–Crippen LogP) is 4.20. The molecule has 3 rings (SSSR count). The Hall–Kier alpha value is -2.29. The van der Waals surface area contributed by atoms with Crippen LogP contribution in [0.3, 0.4) is 0 Å². The van der Waals surface area contributed by atoms with Gasteiger partial charge >= 0.3 is 0 Å². The van der Waals surface area contributed by atoms with Crippen LogP contribution in [-0.4, -0.2) is 16.0 Å². The molecular formula is C17H16O3. The molecule has 0 fully saturated rings. The largest absolute Gasteiger partial charge is 0.507 e. The highest BCUT2D eigenvalue weighted by atomic mass is 16.3. The Morgan fingerprint density at radius 3 is 2.65 bits per heavy atom. The molecule has 0 spiro atoms. The summed E-state index contributed by atoms with van der Waals surface area (Å²) in [6, 6.07) is 8.81. The van der Waals surface area contributed by atoms with Gasteiger partial charge in [-0.15, -0.1) is 0 Å². The van der Waals surface area contributed by atoms with Crippen molar-refractivity contribution < 1.29 is 15.0 Å². The number of hydrogen-bond donors (Lipinski definition) is 2. The lowest BCUT2D eigenvalue weighted by molar-refractivity contribution is 0.102. The summed E-state index contributed by atoms with van der Waals surface area (Å²) >= 11 is 0. The van der Waals surface area contributed by atoms with E-state index in [2.05, 4.69) is 0 Å². The number of rotatable bonds is 3. The van der Waals surface area contributed by atoms with Gasteiger partial charge in [0.2, 0.25) is 0 Å². The van der Waals surface area contributed by atoms with Crippen molar-refractivity contribution in [2.75, 3.05) is 0 Å². The highest BCUT2D eigenvalue weighted by Crippen LogP contribution is 2.40. The SMILES string of the molecule is CCCCC1=C(O)c2cccc3ccc(O)c(c23)C1=O. The maximum Gasteiger partial charge on any atom is 0.197 e. The summed E-state index contributed by atoms with van der Waals surface area (Å²) in [7, 11) is 0. The lowest BCUT2D eigenvalue weighted by Gasteiger charge is -2.20. The number of aliphatic hydroxyl groups is 1. The number of aliphatic hydroxyl groups excluding tert-OH is 1. The topological polar surface area (TPSA) is 57.5 Å². The molecule has 0 radical (unpaired) electrons. The third-order valence-electron chi connectivity index (χ3n) is 3.85. The zero-order chi connectivity index (χ0) is 14.3. The second-order valence-electron chi connectivity index (χ2n) is 5.12. The maximum atomic E-state index is 12.6. The molecule has 0 unspecified atom stereocenters. The van der Waals surface area contributed by atoms with E-state index in [0.29, 0.717) is 28.5 Å². The zero-order valence-corrected chi connectivity index (χ0v) is 11.3. The van der Waals surface area contributed by atoms with Gasteiger partial charge < -0.3 is 10.2 Å². The van der Waals surface area contributed by atoms with Crippen LogP contribution < -0.4 is 0 Å². The molecule has 1 aliphatic rings. The summed E-state index contributed by atoms with van der Waals surface area (Å²) < 4.78 is 0. The molecule has 2 N–H and O–H groups in total. The lowest BCUT2D eigenvalue weighted by atomic mass is 9.84. The Bertz CT molecular complexity index is 741. The molecule has 102 valence electrons. The highest BCUT2D eigenvalue weighted by Gasteiger charge is 2.29. The number of hydrogen-bond acceptors (Lipinski definition) is 3. The van der Waals surface area contributed by atoms with Gasteiger partial charge in [-0.1, -0.05) is 37.6 Å². The molecule has 0 saturated heterocycles. The highest BCUT2D eigenvalue weighted by molar-refractivity contribution is 6.25. The number of aromatic hydroxyl groups is 1. The van der Waals surface area contributed by atoms with Crippen LogP contribution in [-0.2, 0) is 0 Å². The van der Waals surface area contributed by atoms with E-state index in [0.717, 1.165) is 18.2 Å². The van der Waals surface area contributed by atoms with Crippen molar-refractivity contribution >= 4 is 22.3 Å². The normalized spacial score (nSPS) is 14.2. The first-order valence-corrected chi connectivity index (χ1v) is 6.87. The second-order valence-corrected chi connectivity index (χ2v) is 5.12. The first-order chi connectivity index (χ1) is 9.65. The van der Waals surface area contributed by atoms with Crippen LogP contribution in [0, 0.1) is 0 Å². The Morgan fingerprint density at radius 1 is 1.10 bits per heavy atom. The van der Waals surface area contributed by atoms with Crippen LogP contribution in [0.25, 0.3) is 16.5 Å². The monoisotopic (exact) mass is 268 g/mol. The fourth-order valence-corrected chi connectivity index (χ4v) is 2.80. The lowest BCUT2D eigenvalue weighted by Crippen LogP contribution is -2.13. The van der Waals surface area contributed by atoms with Crippen molar-refractivity contribution in [3.8, 4) is 5.75 Å². The van der Waals surface area contributed by atoms with E-state index in [1.807, 2.05) is 19.1 Å². The van der Waals surface area contributed by atoms with E-state index in [9.17, 15) is 15.0 Å². The fourth-order valence-electron chi connectivity index (χ4n) is 2.80. The van der Waals surface area contributed by atoms with Crippen LogP contribution in [0.4, 0.5) is 0 Å². The smallest absolute Gasteiger partial charge is 0.197 e. The third-order valence-corrected chi connectivity index (χ3v) is 3.85. The van der Waals surface area contributed by atoms with Crippen molar-refractivity contribution in [1.82, 2.24) is 0 Å². The Morgan fingerprint density at radius 2 is 1.90 bits per heavy atom. The number of unbranched alkanes of at least 4 members (excludes halogenated alkanes) is 1. The molecule has 20 heavy (non-hydrogen) atoms. The van der Waals surface area contributed by atoms with Crippen LogP contribution in [0.2, 0.25) is 0 Å². The number of Topliss-reactive ketones (excluding diaryl/α,β-unsaturated/α-hetero) is 1. The van der Waals surface area contributed by atoms with E-state index in [1.165, 1.54) is 0 Å². The van der Waals surface area contributed by atoms with Gasteiger partial charge in [-0.05, 0) is 24.3 Å². The zero-order valence-electron chi connectivity index (χ0n) is 11.3. The summed E-state index contributed by atoms with van der Waals surface area (Å²) in [6.45, 7) is 2.04. The Labute approximate surface area is 117 Å². The summed E-state index contributed by atoms with van der Waals surface area (Å²) in [5, 5.41) is 21.9. The summed E-state index contributed by atoms with van der Waals surface area (Å²) in [5.41, 5.74) is 1.37. The number of carbonyl (C=O) groups is 1. The summed E-state index contributed by atoms with van der Waals surface area (Å²) in [5.74, 6) is -0.207. The molecule has 3 heteroatoms. The van der Waals surface area contributed by atoms with Gasteiger partial charge in [0.1, 0.15) is 11.5 Å². The Kier molecular flexibility index (Phi) is 2.97. The van der Waals surface area contributed by atoms with Crippen LogP contribution in [0.1, 0.15) is 42.1 Å². The predicted molar refractivity (Wildman–Crippen MR) is 79.0 cm³/mol. The molecule has 3 nitrogen and oxygen atoms in total. The van der Waals surface area contributed by atoms with Gasteiger partial charge in [0, 0.05) is 16.5 Å². The standard InChI is InChI=1S/C17H16O3/c1-2-3-6-12-16(19)11-7-4-5-10-8-9-13(18)15(14(10)11)17(12)20/h4-5,7-9,18-19H,2-3,6H2,1H3. The number of phenols is 1. The number of benzene rings is 2. The van der Waals surface area contributed by atoms with Gasteiger partial charge in [0.25, 0.3) is 0 Å². The number of allylic oxidation sites excluding steroid dienone is 1. The van der Waals surface area contributed by atoms with Crippen LogP contribution >= 0.6 is 0 Å².